The summed E-state index contributed by atoms with van der Waals surface area (Å²) < 4.78 is 11.0. The molecule has 2 aromatic rings. The third-order valence-corrected chi connectivity index (χ3v) is 5.15. The van der Waals surface area contributed by atoms with Gasteiger partial charge in [0.2, 0.25) is 0 Å². The van der Waals surface area contributed by atoms with Crippen LogP contribution in [0.25, 0.3) is 0 Å². The number of aryl methyl sites for hydroxylation is 1. The smallest absolute Gasteiger partial charge is 0.338 e. The van der Waals surface area contributed by atoms with Gasteiger partial charge in [-0.15, -0.1) is 0 Å². The number of allylic oxidation sites excluding steroid dienone is 1. The summed E-state index contributed by atoms with van der Waals surface area (Å²) in [6.45, 7) is 5.46. The van der Waals surface area contributed by atoms with Crippen molar-refractivity contribution in [2.75, 3.05) is 13.2 Å². The molecule has 1 heterocycles. The van der Waals surface area contributed by atoms with E-state index in [9.17, 15) is 9.59 Å². The maximum absolute atomic E-state index is 12.6. The van der Waals surface area contributed by atoms with Crippen molar-refractivity contribution >= 4 is 35.4 Å². The van der Waals surface area contributed by atoms with Crippen LogP contribution in [0.15, 0.2) is 64.9 Å². The zero-order valence-corrected chi connectivity index (χ0v) is 19.5. The number of benzene rings is 2. The first-order valence-corrected chi connectivity index (χ1v) is 10.9. The first-order chi connectivity index (χ1) is 15.9. The lowest BCUT2D eigenvalue weighted by atomic mass is 9.95. The maximum atomic E-state index is 12.6. The molecule has 0 unspecified atom stereocenters. The SMILES string of the molecule is CCOC(=O)C1=C(C)NC(=S)N[C@@H]1c1ccccc1OCC(=O)NN=Cc1ccccc1C. The highest BCUT2D eigenvalue weighted by atomic mass is 32.1. The molecule has 0 saturated heterocycles. The van der Waals surface area contributed by atoms with Crippen molar-refractivity contribution in [2.24, 2.45) is 5.10 Å². The fraction of sp³-hybridized carbons (Fsp3) is 0.250. The summed E-state index contributed by atoms with van der Waals surface area (Å²) in [4.78, 5) is 24.9. The van der Waals surface area contributed by atoms with Crippen LogP contribution in [0.5, 0.6) is 5.75 Å². The number of nitrogens with zero attached hydrogens (tertiary/aromatic N) is 1. The molecule has 0 aliphatic carbocycles. The second-order valence-corrected chi connectivity index (χ2v) is 7.68. The molecule has 1 amide bonds. The van der Waals surface area contributed by atoms with Gasteiger partial charge in [-0.2, -0.15) is 5.10 Å². The van der Waals surface area contributed by atoms with Crippen LogP contribution >= 0.6 is 12.2 Å². The van der Waals surface area contributed by atoms with Gasteiger partial charge in [0.05, 0.1) is 24.4 Å². The molecule has 3 N–H and O–H groups in total. The summed E-state index contributed by atoms with van der Waals surface area (Å²) in [5, 5.41) is 10.4. The molecule has 2 aromatic carbocycles. The van der Waals surface area contributed by atoms with Crippen LogP contribution in [-0.4, -0.2) is 36.4 Å². The second-order valence-electron chi connectivity index (χ2n) is 7.27. The molecule has 0 aromatic heterocycles. The highest BCUT2D eigenvalue weighted by Crippen LogP contribution is 2.33. The minimum Gasteiger partial charge on any atom is -0.483 e. The Balaban J connectivity index is 1.73. The number of esters is 1. The molecular weight excluding hydrogens is 440 g/mol. The summed E-state index contributed by atoms with van der Waals surface area (Å²) in [5.41, 5.74) is 6.07. The van der Waals surface area contributed by atoms with E-state index in [1.54, 1.807) is 32.2 Å². The van der Waals surface area contributed by atoms with Crippen LogP contribution in [-0.2, 0) is 14.3 Å². The number of para-hydroxylation sites is 1. The quantitative estimate of drug-likeness (QED) is 0.238. The van der Waals surface area contributed by atoms with E-state index in [2.05, 4.69) is 21.2 Å². The lowest BCUT2D eigenvalue weighted by Crippen LogP contribution is -2.45. The molecule has 3 rings (SSSR count). The van der Waals surface area contributed by atoms with E-state index >= 15 is 0 Å². The van der Waals surface area contributed by atoms with Crippen LogP contribution in [0, 0.1) is 6.92 Å². The van der Waals surface area contributed by atoms with E-state index < -0.39 is 17.9 Å². The Morgan fingerprint density at radius 1 is 1.15 bits per heavy atom. The molecule has 0 spiro atoms. The average Bonchev–Trinajstić information content (AvgIpc) is 2.78. The van der Waals surface area contributed by atoms with E-state index in [1.807, 2.05) is 43.3 Å². The van der Waals surface area contributed by atoms with Crippen molar-refractivity contribution in [3.63, 3.8) is 0 Å². The van der Waals surface area contributed by atoms with Gasteiger partial charge in [0.1, 0.15) is 5.75 Å². The predicted molar refractivity (Wildman–Crippen MR) is 130 cm³/mol. The Labute approximate surface area is 198 Å². The van der Waals surface area contributed by atoms with Gasteiger partial charge < -0.3 is 20.1 Å². The molecule has 0 fully saturated rings. The summed E-state index contributed by atoms with van der Waals surface area (Å²) in [6, 6.07) is 14.3. The summed E-state index contributed by atoms with van der Waals surface area (Å²) in [5.74, 6) is -0.436. The molecule has 9 heteroatoms. The highest BCUT2D eigenvalue weighted by molar-refractivity contribution is 7.80. The topological polar surface area (TPSA) is 101 Å². The van der Waals surface area contributed by atoms with Gasteiger partial charge >= 0.3 is 5.97 Å². The summed E-state index contributed by atoms with van der Waals surface area (Å²) in [7, 11) is 0. The number of hydrazone groups is 1. The van der Waals surface area contributed by atoms with Crippen LogP contribution < -0.4 is 20.8 Å². The minimum atomic E-state index is -0.587. The average molecular weight is 467 g/mol. The van der Waals surface area contributed by atoms with Crippen molar-refractivity contribution in [1.82, 2.24) is 16.1 Å². The molecule has 8 nitrogen and oxygen atoms in total. The van der Waals surface area contributed by atoms with Gasteiger partial charge in [-0.05, 0) is 50.2 Å². The van der Waals surface area contributed by atoms with Gasteiger partial charge in [0, 0.05) is 11.3 Å². The lowest BCUT2D eigenvalue weighted by molar-refractivity contribution is -0.139. The Bertz CT molecular complexity index is 1110. The van der Waals surface area contributed by atoms with E-state index in [4.69, 9.17) is 21.7 Å². The zero-order chi connectivity index (χ0) is 23.8. The van der Waals surface area contributed by atoms with Crippen molar-refractivity contribution in [3.05, 3.63) is 76.5 Å². The Morgan fingerprint density at radius 3 is 2.64 bits per heavy atom. The molecule has 0 saturated carbocycles. The Hall–Kier alpha value is -3.72. The standard InChI is InChI=1S/C24H26N4O4S/c1-4-31-23(30)21-16(3)26-24(33)27-22(21)18-11-7-8-12-19(18)32-14-20(29)28-25-13-17-10-6-5-9-15(17)2/h5-13,22H,4,14H2,1-3H3,(H,28,29)(H2,26,27,33)/t22-/m1/s1. The Morgan fingerprint density at radius 2 is 1.88 bits per heavy atom. The van der Waals surface area contributed by atoms with E-state index in [0.29, 0.717) is 27.7 Å². The largest absolute Gasteiger partial charge is 0.483 e. The summed E-state index contributed by atoms with van der Waals surface area (Å²) >= 11 is 5.28. The molecule has 1 atom stereocenters. The van der Waals surface area contributed by atoms with Gasteiger partial charge in [-0.25, -0.2) is 10.2 Å². The first kappa shape index (κ1) is 23.9. The number of hydrogen-bond acceptors (Lipinski definition) is 6. The van der Waals surface area contributed by atoms with Crippen molar-refractivity contribution in [3.8, 4) is 5.75 Å². The first-order valence-electron chi connectivity index (χ1n) is 10.4. The number of ether oxygens (including phenoxy) is 2. The molecule has 33 heavy (non-hydrogen) atoms. The second kappa shape index (κ2) is 11.2. The van der Waals surface area contributed by atoms with E-state index in [0.717, 1.165) is 11.1 Å². The normalized spacial score (nSPS) is 15.6. The van der Waals surface area contributed by atoms with Crippen molar-refractivity contribution in [2.45, 2.75) is 26.8 Å². The number of hydrogen-bond donors (Lipinski definition) is 3. The number of nitrogens with one attached hydrogen (secondary N) is 3. The number of carbonyl (C=O) groups excluding carboxylic acids is 2. The van der Waals surface area contributed by atoms with Crippen LogP contribution in [0.1, 0.15) is 36.6 Å². The lowest BCUT2D eigenvalue weighted by Gasteiger charge is -2.30. The molecule has 1 aliphatic heterocycles. The molecule has 0 bridgehead atoms. The maximum Gasteiger partial charge on any atom is 0.338 e. The number of carbonyl (C=O) groups is 2. The number of thiocarbonyl (C=S) groups is 1. The third kappa shape index (κ3) is 6.17. The van der Waals surface area contributed by atoms with Crippen LogP contribution in [0.4, 0.5) is 0 Å². The zero-order valence-electron chi connectivity index (χ0n) is 18.7. The number of amides is 1. The monoisotopic (exact) mass is 466 g/mol. The third-order valence-electron chi connectivity index (χ3n) is 4.93. The number of rotatable bonds is 8. The molecular formula is C24H26N4O4S. The Kier molecular flexibility index (Phi) is 8.15. The van der Waals surface area contributed by atoms with E-state index in [-0.39, 0.29) is 13.2 Å². The van der Waals surface area contributed by atoms with Crippen LogP contribution in [0.2, 0.25) is 0 Å². The minimum absolute atomic E-state index is 0.244. The molecule has 172 valence electrons. The van der Waals surface area contributed by atoms with Gasteiger partial charge in [-0.1, -0.05) is 42.5 Å². The summed E-state index contributed by atoms with van der Waals surface area (Å²) in [6.07, 6.45) is 1.58. The fourth-order valence-corrected chi connectivity index (χ4v) is 3.61. The van der Waals surface area contributed by atoms with Gasteiger partial charge in [0.15, 0.2) is 11.7 Å². The predicted octanol–water partition coefficient (Wildman–Crippen LogP) is 2.88. The molecule has 1 aliphatic rings. The van der Waals surface area contributed by atoms with E-state index in [1.165, 1.54) is 0 Å². The molecule has 0 radical (unpaired) electrons. The highest BCUT2D eigenvalue weighted by Gasteiger charge is 2.32. The van der Waals surface area contributed by atoms with Gasteiger partial charge in [-0.3, -0.25) is 4.79 Å². The fourth-order valence-electron chi connectivity index (χ4n) is 3.34. The van der Waals surface area contributed by atoms with Crippen molar-refractivity contribution in [1.29, 1.82) is 0 Å². The van der Waals surface area contributed by atoms with Crippen LogP contribution in [0.3, 0.4) is 0 Å². The van der Waals surface area contributed by atoms with Gasteiger partial charge in [0.25, 0.3) is 5.91 Å². The van der Waals surface area contributed by atoms with Crippen molar-refractivity contribution < 1.29 is 19.1 Å².